The van der Waals surface area contributed by atoms with Crippen molar-refractivity contribution in [3.05, 3.63) is 30.1 Å². The highest BCUT2D eigenvalue weighted by Gasteiger charge is 2.24. The molecule has 27 heavy (non-hydrogen) atoms. The summed E-state index contributed by atoms with van der Waals surface area (Å²) in [5.41, 5.74) is 1.02. The highest BCUT2D eigenvalue weighted by molar-refractivity contribution is 6.35. The molecule has 150 valence electrons. The maximum atomic E-state index is 12.2. The maximum Gasteiger partial charge on any atom is 0.309 e. The number of amides is 2. The molecule has 0 spiro atoms. The zero-order chi connectivity index (χ0) is 19.5. The van der Waals surface area contributed by atoms with Crippen LogP contribution in [0.5, 0.6) is 0 Å². The predicted octanol–water partition coefficient (Wildman–Crippen LogP) is 0.0291. The number of morpholine rings is 1. The second kappa shape index (κ2) is 11.6. The second-order valence-corrected chi connectivity index (χ2v) is 6.44. The molecule has 1 aromatic heterocycles. The van der Waals surface area contributed by atoms with Gasteiger partial charge in [0.15, 0.2) is 0 Å². The number of nitrogens with one attached hydrogen (secondary N) is 2. The minimum Gasteiger partial charge on any atom is -0.379 e. The first-order chi connectivity index (χ1) is 13.2. The van der Waals surface area contributed by atoms with Crippen molar-refractivity contribution in [3.63, 3.8) is 0 Å². The molecule has 1 saturated heterocycles. The Bertz CT molecular complexity index is 574. The van der Waals surface area contributed by atoms with Gasteiger partial charge in [0, 0.05) is 45.1 Å². The lowest BCUT2D eigenvalue weighted by Gasteiger charge is -2.34. The SMILES string of the molecule is CCN(CC)CCNC(=O)C(=O)NCC(c1cccnc1)N1CCOCC1. The number of likely N-dealkylation sites (N-methyl/N-ethyl adjacent to an activating group) is 1. The molecule has 2 amide bonds. The van der Waals surface area contributed by atoms with Gasteiger partial charge in [0.05, 0.1) is 19.3 Å². The second-order valence-electron chi connectivity index (χ2n) is 6.44. The molecule has 1 unspecified atom stereocenters. The Kier molecular flexibility index (Phi) is 9.17. The van der Waals surface area contributed by atoms with Gasteiger partial charge in [-0.2, -0.15) is 0 Å². The van der Waals surface area contributed by atoms with E-state index in [2.05, 4.69) is 39.3 Å². The molecule has 1 aliphatic heterocycles. The number of nitrogens with zero attached hydrogens (tertiary/aromatic N) is 3. The molecule has 0 aliphatic carbocycles. The van der Waals surface area contributed by atoms with Crippen molar-refractivity contribution >= 4 is 11.8 Å². The van der Waals surface area contributed by atoms with E-state index in [-0.39, 0.29) is 6.04 Å². The summed E-state index contributed by atoms with van der Waals surface area (Å²) in [6.45, 7) is 10.4. The van der Waals surface area contributed by atoms with Crippen molar-refractivity contribution in [2.75, 3.05) is 59.0 Å². The van der Waals surface area contributed by atoms with Gasteiger partial charge in [0.2, 0.25) is 0 Å². The zero-order valence-electron chi connectivity index (χ0n) is 16.3. The molecule has 1 aromatic rings. The number of carbonyl (C=O) groups excluding carboxylic acids is 2. The topological polar surface area (TPSA) is 86.8 Å². The van der Waals surface area contributed by atoms with Crippen molar-refractivity contribution in [3.8, 4) is 0 Å². The first-order valence-corrected chi connectivity index (χ1v) is 9.65. The van der Waals surface area contributed by atoms with Gasteiger partial charge in [-0.3, -0.25) is 19.5 Å². The van der Waals surface area contributed by atoms with E-state index >= 15 is 0 Å². The molecule has 8 heteroatoms. The zero-order valence-corrected chi connectivity index (χ0v) is 16.3. The van der Waals surface area contributed by atoms with Crippen LogP contribution in [0.2, 0.25) is 0 Å². The smallest absolute Gasteiger partial charge is 0.309 e. The van der Waals surface area contributed by atoms with Crippen LogP contribution in [-0.4, -0.2) is 85.6 Å². The fourth-order valence-corrected chi connectivity index (χ4v) is 3.14. The van der Waals surface area contributed by atoms with E-state index in [1.807, 2.05) is 12.1 Å². The Morgan fingerprint density at radius 2 is 1.93 bits per heavy atom. The normalized spacial score (nSPS) is 16.1. The fraction of sp³-hybridized carbons (Fsp3) is 0.632. The van der Waals surface area contributed by atoms with Crippen LogP contribution in [0, 0.1) is 0 Å². The Balaban J connectivity index is 1.86. The number of pyridine rings is 1. The van der Waals surface area contributed by atoms with Gasteiger partial charge >= 0.3 is 11.8 Å². The number of aromatic nitrogens is 1. The average molecular weight is 377 g/mol. The Labute approximate surface area is 161 Å². The molecule has 2 N–H and O–H groups in total. The van der Waals surface area contributed by atoms with Crippen LogP contribution < -0.4 is 10.6 Å². The maximum absolute atomic E-state index is 12.2. The van der Waals surface area contributed by atoms with E-state index < -0.39 is 11.8 Å². The quantitative estimate of drug-likeness (QED) is 0.591. The number of rotatable bonds is 9. The summed E-state index contributed by atoms with van der Waals surface area (Å²) in [6, 6.07) is 3.84. The molecule has 1 aliphatic rings. The van der Waals surface area contributed by atoms with Crippen LogP contribution in [-0.2, 0) is 14.3 Å². The average Bonchev–Trinajstić information content (AvgIpc) is 2.72. The lowest BCUT2D eigenvalue weighted by atomic mass is 10.1. The van der Waals surface area contributed by atoms with Crippen LogP contribution in [0.25, 0.3) is 0 Å². The molecular formula is C19H31N5O3. The van der Waals surface area contributed by atoms with Crippen molar-refractivity contribution in [1.82, 2.24) is 25.4 Å². The van der Waals surface area contributed by atoms with E-state index in [4.69, 9.17) is 4.74 Å². The van der Waals surface area contributed by atoms with Crippen molar-refractivity contribution in [2.24, 2.45) is 0 Å². The number of hydrogen-bond acceptors (Lipinski definition) is 6. The molecule has 2 rings (SSSR count). The van der Waals surface area contributed by atoms with Gasteiger partial charge in [0.25, 0.3) is 0 Å². The van der Waals surface area contributed by atoms with E-state index in [1.54, 1.807) is 12.4 Å². The first-order valence-electron chi connectivity index (χ1n) is 9.65. The summed E-state index contributed by atoms with van der Waals surface area (Å²) in [6.07, 6.45) is 3.53. The third kappa shape index (κ3) is 6.89. The van der Waals surface area contributed by atoms with Gasteiger partial charge in [-0.15, -0.1) is 0 Å². The molecule has 0 radical (unpaired) electrons. The lowest BCUT2D eigenvalue weighted by Crippen LogP contribution is -2.47. The third-order valence-corrected chi connectivity index (χ3v) is 4.83. The molecule has 8 nitrogen and oxygen atoms in total. The largest absolute Gasteiger partial charge is 0.379 e. The number of ether oxygens (including phenoxy) is 1. The molecule has 0 aromatic carbocycles. The highest BCUT2D eigenvalue weighted by Crippen LogP contribution is 2.20. The van der Waals surface area contributed by atoms with E-state index in [0.29, 0.717) is 26.3 Å². The fourth-order valence-electron chi connectivity index (χ4n) is 3.14. The molecule has 1 atom stereocenters. The van der Waals surface area contributed by atoms with Crippen LogP contribution >= 0.6 is 0 Å². The minimum absolute atomic E-state index is 0.0324. The molecule has 0 bridgehead atoms. The molecule has 2 heterocycles. The summed E-state index contributed by atoms with van der Waals surface area (Å²) in [7, 11) is 0. The van der Waals surface area contributed by atoms with Crippen molar-refractivity contribution in [2.45, 2.75) is 19.9 Å². The molecular weight excluding hydrogens is 346 g/mol. The summed E-state index contributed by atoms with van der Waals surface area (Å²) in [4.78, 5) is 32.8. The third-order valence-electron chi connectivity index (χ3n) is 4.83. The summed E-state index contributed by atoms with van der Waals surface area (Å²) in [5, 5.41) is 5.46. The van der Waals surface area contributed by atoms with Crippen molar-refractivity contribution < 1.29 is 14.3 Å². The monoisotopic (exact) mass is 377 g/mol. The van der Waals surface area contributed by atoms with E-state index in [9.17, 15) is 9.59 Å². The Morgan fingerprint density at radius 1 is 1.22 bits per heavy atom. The summed E-state index contributed by atoms with van der Waals surface area (Å²) in [5.74, 6) is -1.19. The van der Waals surface area contributed by atoms with Crippen molar-refractivity contribution in [1.29, 1.82) is 0 Å². The van der Waals surface area contributed by atoms with Crippen LogP contribution in [0.1, 0.15) is 25.5 Å². The van der Waals surface area contributed by atoms with Crippen LogP contribution in [0.4, 0.5) is 0 Å². The predicted molar refractivity (Wildman–Crippen MR) is 103 cm³/mol. The van der Waals surface area contributed by atoms with Gasteiger partial charge < -0.3 is 20.3 Å². The van der Waals surface area contributed by atoms with Gasteiger partial charge in [-0.1, -0.05) is 19.9 Å². The van der Waals surface area contributed by atoms with Crippen LogP contribution in [0.3, 0.4) is 0 Å². The number of hydrogen-bond donors (Lipinski definition) is 2. The minimum atomic E-state index is -0.600. The van der Waals surface area contributed by atoms with Gasteiger partial charge in [-0.05, 0) is 24.7 Å². The van der Waals surface area contributed by atoms with Crippen LogP contribution in [0.15, 0.2) is 24.5 Å². The Morgan fingerprint density at radius 3 is 2.56 bits per heavy atom. The first kappa shape index (κ1) is 21.3. The Hall–Kier alpha value is -2.03. The van der Waals surface area contributed by atoms with Gasteiger partial charge in [-0.25, -0.2) is 0 Å². The summed E-state index contributed by atoms with van der Waals surface area (Å²) >= 11 is 0. The molecule has 0 saturated carbocycles. The van der Waals surface area contributed by atoms with E-state index in [1.165, 1.54) is 0 Å². The van der Waals surface area contributed by atoms with Gasteiger partial charge in [0.1, 0.15) is 0 Å². The lowest BCUT2D eigenvalue weighted by molar-refractivity contribution is -0.139. The number of carbonyl (C=O) groups is 2. The summed E-state index contributed by atoms with van der Waals surface area (Å²) < 4.78 is 5.42. The van der Waals surface area contributed by atoms with E-state index in [0.717, 1.165) is 38.3 Å². The molecule has 1 fully saturated rings. The standard InChI is InChI=1S/C19H31N5O3/c1-3-23(4-2)9-8-21-18(25)19(26)22-15-17(16-6-5-7-20-14-16)24-10-12-27-13-11-24/h5-7,14,17H,3-4,8-13,15H2,1-2H3,(H,21,25)(H,22,26). The highest BCUT2D eigenvalue weighted by atomic mass is 16.5.